The van der Waals surface area contributed by atoms with Crippen LogP contribution >= 0.6 is 0 Å². The van der Waals surface area contributed by atoms with E-state index in [2.05, 4.69) is 17.3 Å². The first-order chi connectivity index (χ1) is 8.79. The monoisotopic (exact) mass is 245 g/mol. The number of nitrogens with zero attached hydrogens (tertiary/aromatic N) is 2. The molecule has 0 saturated carbocycles. The van der Waals surface area contributed by atoms with Crippen LogP contribution in [0, 0.1) is 0 Å². The van der Waals surface area contributed by atoms with Crippen LogP contribution in [0.4, 0.5) is 5.69 Å². The quantitative estimate of drug-likeness (QED) is 0.795. The molecule has 0 aliphatic carbocycles. The summed E-state index contributed by atoms with van der Waals surface area (Å²) in [7, 11) is 1.94. The second-order valence-electron chi connectivity index (χ2n) is 4.10. The Morgan fingerprint density at radius 2 is 2.06 bits per heavy atom. The standard InChI is InChI=1S/C14H19N3O/c1-3-13-14(11-17(2)16-13)15-9-10-18-12-7-5-4-6-8-12/h4-8,11,15H,3,9-10H2,1-2H3. The normalized spacial score (nSPS) is 10.3. The van der Waals surface area contributed by atoms with Gasteiger partial charge in [-0.25, -0.2) is 0 Å². The molecule has 1 aromatic carbocycles. The third-order valence-corrected chi connectivity index (χ3v) is 2.67. The first kappa shape index (κ1) is 12.5. The summed E-state index contributed by atoms with van der Waals surface area (Å²) in [5.74, 6) is 0.904. The van der Waals surface area contributed by atoms with Gasteiger partial charge in [-0.05, 0) is 18.6 Å². The van der Waals surface area contributed by atoms with Crippen molar-refractivity contribution in [2.45, 2.75) is 13.3 Å². The summed E-state index contributed by atoms with van der Waals surface area (Å²) in [5, 5.41) is 7.73. The lowest BCUT2D eigenvalue weighted by Crippen LogP contribution is -2.11. The van der Waals surface area contributed by atoms with Gasteiger partial charge in [-0.3, -0.25) is 4.68 Å². The number of para-hydroxylation sites is 1. The highest BCUT2D eigenvalue weighted by molar-refractivity contribution is 5.46. The van der Waals surface area contributed by atoms with E-state index in [4.69, 9.17) is 4.74 Å². The fourth-order valence-corrected chi connectivity index (χ4v) is 1.81. The van der Waals surface area contributed by atoms with Crippen LogP contribution in [0.3, 0.4) is 0 Å². The van der Waals surface area contributed by atoms with Crippen LogP contribution in [0.15, 0.2) is 36.5 Å². The van der Waals surface area contributed by atoms with Crippen molar-refractivity contribution in [3.05, 3.63) is 42.2 Å². The van der Waals surface area contributed by atoms with Gasteiger partial charge in [-0.15, -0.1) is 0 Å². The average molecular weight is 245 g/mol. The molecule has 4 nitrogen and oxygen atoms in total. The molecule has 1 N–H and O–H groups in total. The van der Waals surface area contributed by atoms with Crippen LogP contribution < -0.4 is 10.1 Å². The molecule has 0 atom stereocenters. The van der Waals surface area contributed by atoms with Gasteiger partial charge in [0.15, 0.2) is 0 Å². The van der Waals surface area contributed by atoms with Gasteiger partial charge in [0.2, 0.25) is 0 Å². The molecule has 1 heterocycles. The lowest BCUT2D eigenvalue weighted by atomic mass is 10.3. The van der Waals surface area contributed by atoms with Gasteiger partial charge < -0.3 is 10.1 Å². The summed E-state index contributed by atoms with van der Waals surface area (Å²) in [6.07, 6.45) is 2.93. The minimum absolute atomic E-state index is 0.641. The second-order valence-corrected chi connectivity index (χ2v) is 4.10. The molecule has 0 radical (unpaired) electrons. The van der Waals surface area contributed by atoms with E-state index in [0.29, 0.717) is 6.61 Å². The Balaban J connectivity index is 1.78. The smallest absolute Gasteiger partial charge is 0.119 e. The predicted molar refractivity (Wildman–Crippen MR) is 73.0 cm³/mol. The Labute approximate surface area is 108 Å². The lowest BCUT2D eigenvalue weighted by molar-refractivity contribution is 0.333. The van der Waals surface area contributed by atoms with E-state index in [1.807, 2.05) is 48.3 Å². The van der Waals surface area contributed by atoms with E-state index in [1.54, 1.807) is 0 Å². The third kappa shape index (κ3) is 3.26. The van der Waals surface area contributed by atoms with Gasteiger partial charge in [-0.1, -0.05) is 25.1 Å². The molecule has 0 spiro atoms. The van der Waals surface area contributed by atoms with Gasteiger partial charge in [0, 0.05) is 19.8 Å². The third-order valence-electron chi connectivity index (χ3n) is 2.67. The van der Waals surface area contributed by atoms with E-state index in [1.165, 1.54) is 0 Å². The zero-order chi connectivity index (χ0) is 12.8. The van der Waals surface area contributed by atoms with Crippen LogP contribution in [0.5, 0.6) is 5.75 Å². The molecule has 2 rings (SSSR count). The summed E-state index contributed by atoms with van der Waals surface area (Å²) in [6, 6.07) is 9.84. The van der Waals surface area contributed by atoms with Crippen molar-refractivity contribution in [1.82, 2.24) is 9.78 Å². The van der Waals surface area contributed by atoms with Crippen molar-refractivity contribution in [2.24, 2.45) is 7.05 Å². The molecule has 4 heteroatoms. The van der Waals surface area contributed by atoms with Crippen LogP contribution in [0.2, 0.25) is 0 Å². The number of anilines is 1. The number of aromatic nitrogens is 2. The van der Waals surface area contributed by atoms with E-state index >= 15 is 0 Å². The highest BCUT2D eigenvalue weighted by atomic mass is 16.5. The molecule has 0 saturated heterocycles. The summed E-state index contributed by atoms with van der Waals surface area (Å²) in [6.45, 7) is 3.52. The van der Waals surface area contributed by atoms with Crippen LogP contribution in [-0.4, -0.2) is 22.9 Å². The Bertz CT molecular complexity index is 479. The molecule has 96 valence electrons. The highest BCUT2D eigenvalue weighted by Gasteiger charge is 2.04. The average Bonchev–Trinajstić information content (AvgIpc) is 2.76. The molecule has 1 aromatic heterocycles. The first-order valence-corrected chi connectivity index (χ1v) is 6.24. The number of hydrogen-bond donors (Lipinski definition) is 1. The van der Waals surface area contributed by atoms with Gasteiger partial charge in [-0.2, -0.15) is 5.10 Å². The number of benzene rings is 1. The molecule has 18 heavy (non-hydrogen) atoms. The maximum atomic E-state index is 5.62. The highest BCUT2D eigenvalue weighted by Crippen LogP contribution is 2.13. The van der Waals surface area contributed by atoms with Crippen molar-refractivity contribution in [1.29, 1.82) is 0 Å². The molecule has 0 aliphatic heterocycles. The Hall–Kier alpha value is -1.97. The van der Waals surface area contributed by atoms with E-state index in [-0.39, 0.29) is 0 Å². The van der Waals surface area contributed by atoms with Gasteiger partial charge in [0.25, 0.3) is 0 Å². The predicted octanol–water partition coefficient (Wildman–Crippen LogP) is 2.47. The van der Waals surface area contributed by atoms with Gasteiger partial charge in [0.05, 0.1) is 11.4 Å². The van der Waals surface area contributed by atoms with Crippen LogP contribution in [-0.2, 0) is 13.5 Å². The zero-order valence-corrected chi connectivity index (χ0v) is 10.9. The summed E-state index contributed by atoms with van der Waals surface area (Å²) in [5.41, 5.74) is 2.19. The van der Waals surface area contributed by atoms with Crippen molar-refractivity contribution < 1.29 is 4.74 Å². The second kappa shape index (κ2) is 6.10. The molecule has 2 aromatic rings. The van der Waals surface area contributed by atoms with E-state index < -0.39 is 0 Å². The summed E-state index contributed by atoms with van der Waals surface area (Å²) < 4.78 is 7.45. The number of aryl methyl sites for hydroxylation is 2. The lowest BCUT2D eigenvalue weighted by Gasteiger charge is -2.07. The topological polar surface area (TPSA) is 39.1 Å². The van der Waals surface area contributed by atoms with E-state index in [9.17, 15) is 0 Å². The maximum absolute atomic E-state index is 5.62. The minimum atomic E-state index is 0.641. The van der Waals surface area contributed by atoms with Crippen molar-refractivity contribution in [3.8, 4) is 5.75 Å². The van der Waals surface area contributed by atoms with Crippen molar-refractivity contribution >= 4 is 5.69 Å². The number of rotatable bonds is 6. The molecule has 0 unspecified atom stereocenters. The SMILES string of the molecule is CCc1nn(C)cc1NCCOc1ccccc1. The van der Waals surface area contributed by atoms with Crippen LogP contribution in [0.25, 0.3) is 0 Å². The Kier molecular flexibility index (Phi) is 4.23. The van der Waals surface area contributed by atoms with Crippen molar-refractivity contribution in [2.75, 3.05) is 18.5 Å². The largest absolute Gasteiger partial charge is 0.492 e. The first-order valence-electron chi connectivity index (χ1n) is 6.24. The summed E-state index contributed by atoms with van der Waals surface area (Å²) >= 11 is 0. The minimum Gasteiger partial charge on any atom is -0.492 e. The molecular weight excluding hydrogens is 226 g/mol. The maximum Gasteiger partial charge on any atom is 0.119 e. The number of hydrogen-bond acceptors (Lipinski definition) is 3. The van der Waals surface area contributed by atoms with Crippen molar-refractivity contribution in [3.63, 3.8) is 0 Å². The van der Waals surface area contributed by atoms with Gasteiger partial charge in [0.1, 0.15) is 12.4 Å². The number of nitrogens with one attached hydrogen (secondary N) is 1. The van der Waals surface area contributed by atoms with E-state index in [0.717, 1.165) is 30.1 Å². The molecular formula is C14H19N3O. The zero-order valence-electron chi connectivity index (χ0n) is 10.9. The van der Waals surface area contributed by atoms with Crippen LogP contribution in [0.1, 0.15) is 12.6 Å². The fourth-order valence-electron chi connectivity index (χ4n) is 1.81. The summed E-state index contributed by atoms with van der Waals surface area (Å²) in [4.78, 5) is 0. The Morgan fingerprint density at radius 1 is 1.28 bits per heavy atom. The van der Waals surface area contributed by atoms with Gasteiger partial charge >= 0.3 is 0 Å². The number of ether oxygens (including phenoxy) is 1. The molecule has 0 bridgehead atoms. The molecule has 0 aliphatic rings. The fraction of sp³-hybridized carbons (Fsp3) is 0.357. The Morgan fingerprint density at radius 3 is 2.78 bits per heavy atom. The molecule has 0 fully saturated rings. The molecule has 0 amide bonds.